The Bertz CT molecular complexity index is 233. The molecule has 0 fully saturated rings. The molecule has 0 unspecified atom stereocenters. The number of aliphatic hydroxyl groups excluding tert-OH is 1. The molecule has 0 bridgehead atoms. The highest BCUT2D eigenvalue weighted by atomic mass is 16.3. The largest absolute Gasteiger partial charge is 0.508 e. The van der Waals surface area contributed by atoms with E-state index in [0.717, 1.165) is 12.0 Å². The monoisotopic (exact) mass is 168 g/mol. The van der Waals surface area contributed by atoms with Crippen molar-refractivity contribution in [3.05, 3.63) is 29.8 Å². The van der Waals surface area contributed by atoms with Crippen molar-refractivity contribution in [2.45, 2.75) is 12.5 Å². The molecule has 12 heavy (non-hydrogen) atoms. The fraction of sp³-hybridized carbons (Fsp3) is 0.333. The van der Waals surface area contributed by atoms with Gasteiger partial charge in [0.05, 0.1) is 6.61 Å². The van der Waals surface area contributed by atoms with E-state index in [-0.39, 0.29) is 18.4 Å². The van der Waals surface area contributed by atoms with Crippen molar-refractivity contribution in [1.29, 1.82) is 0 Å². The SMILES string of the molecule is [NH3+][C@H](CO)Cc1ccc(O)cc1. The zero-order valence-electron chi connectivity index (χ0n) is 6.90. The first-order valence-electron chi connectivity index (χ1n) is 3.94. The summed E-state index contributed by atoms with van der Waals surface area (Å²) < 4.78 is 0. The van der Waals surface area contributed by atoms with Crippen LogP contribution in [0.5, 0.6) is 5.75 Å². The van der Waals surface area contributed by atoms with Gasteiger partial charge in [-0.3, -0.25) is 0 Å². The number of aliphatic hydroxyl groups is 1. The molecule has 0 heterocycles. The van der Waals surface area contributed by atoms with E-state index in [0.29, 0.717) is 0 Å². The van der Waals surface area contributed by atoms with Gasteiger partial charge in [0.2, 0.25) is 0 Å². The van der Waals surface area contributed by atoms with E-state index < -0.39 is 0 Å². The highest BCUT2D eigenvalue weighted by molar-refractivity contribution is 5.26. The van der Waals surface area contributed by atoms with Crippen LogP contribution in [0.2, 0.25) is 0 Å². The molecule has 3 nitrogen and oxygen atoms in total. The van der Waals surface area contributed by atoms with E-state index in [1.165, 1.54) is 0 Å². The number of rotatable bonds is 3. The molecule has 0 aliphatic rings. The lowest BCUT2D eigenvalue weighted by molar-refractivity contribution is -0.424. The van der Waals surface area contributed by atoms with E-state index in [9.17, 15) is 0 Å². The molecule has 1 aromatic rings. The highest BCUT2D eigenvalue weighted by Crippen LogP contribution is 2.10. The molecule has 0 aliphatic carbocycles. The lowest BCUT2D eigenvalue weighted by Crippen LogP contribution is -2.63. The molecule has 0 radical (unpaired) electrons. The van der Waals surface area contributed by atoms with Gasteiger partial charge in [-0.1, -0.05) is 12.1 Å². The van der Waals surface area contributed by atoms with Crippen LogP contribution in [0.1, 0.15) is 5.56 Å². The van der Waals surface area contributed by atoms with E-state index in [4.69, 9.17) is 10.2 Å². The number of quaternary nitrogens is 1. The van der Waals surface area contributed by atoms with Gasteiger partial charge in [0.15, 0.2) is 0 Å². The summed E-state index contributed by atoms with van der Waals surface area (Å²) in [7, 11) is 0. The van der Waals surface area contributed by atoms with Crippen LogP contribution in [0.25, 0.3) is 0 Å². The molecular weight excluding hydrogens is 154 g/mol. The Morgan fingerprint density at radius 2 is 1.83 bits per heavy atom. The fourth-order valence-corrected chi connectivity index (χ4v) is 1.03. The molecule has 1 rings (SSSR count). The topological polar surface area (TPSA) is 68.1 Å². The summed E-state index contributed by atoms with van der Waals surface area (Å²) in [5.41, 5.74) is 4.85. The van der Waals surface area contributed by atoms with Crippen LogP contribution in [0, 0.1) is 0 Å². The first kappa shape index (κ1) is 9.03. The van der Waals surface area contributed by atoms with Gasteiger partial charge in [-0.2, -0.15) is 0 Å². The molecular formula is C9H14NO2+. The van der Waals surface area contributed by atoms with Crippen LogP contribution in [-0.4, -0.2) is 22.9 Å². The lowest BCUT2D eigenvalue weighted by atomic mass is 10.1. The van der Waals surface area contributed by atoms with Crippen molar-refractivity contribution in [1.82, 2.24) is 0 Å². The predicted octanol–water partition coefficient (Wildman–Crippen LogP) is -0.463. The number of benzene rings is 1. The smallest absolute Gasteiger partial charge is 0.115 e. The van der Waals surface area contributed by atoms with Crippen molar-refractivity contribution in [2.24, 2.45) is 0 Å². The van der Waals surface area contributed by atoms with Gasteiger partial charge in [0, 0.05) is 6.42 Å². The van der Waals surface area contributed by atoms with Gasteiger partial charge in [-0.15, -0.1) is 0 Å². The number of hydrogen-bond donors (Lipinski definition) is 3. The Morgan fingerprint density at radius 3 is 2.33 bits per heavy atom. The van der Waals surface area contributed by atoms with E-state index in [1.807, 2.05) is 12.1 Å². The van der Waals surface area contributed by atoms with Gasteiger partial charge in [0.25, 0.3) is 0 Å². The summed E-state index contributed by atoms with van der Waals surface area (Å²) >= 11 is 0. The molecule has 0 spiro atoms. The van der Waals surface area contributed by atoms with Gasteiger partial charge in [-0.25, -0.2) is 0 Å². The quantitative estimate of drug-likeness (QED) is 0.571. The zero-order valence-corrected chi connectivity index (χ0v) is 6.90. The Morgan fingerprint density at radius 1 is 1.25 bits per heavy atom. The molecule has 1 aromatic carbocycles. The summed E-state index contributed by atoms with van der Waals surface area (Å²) in [4.78, 5) is 0. The molecule has 5 N–H and O–H groups in total. The second-order valence-corrected chi connectivity index (χ2v) is 2.92. The fourth-order valence-electron chi connectivity index (χ4n) is 1.03. The maximum atomic E-state index is 8.98. The van der Waals surface area contributed by atoms with Crippen LogP contribution in [0.15, 0.2) is 24.3 Å². The molecule has 0 amide bonds. The van der Waals surface area contributed by atoms with Crippen LogP contribution in [0.3, 0.4) is 0 Å². The molecule has 0 saturated carbocycles. The standard InChI is InChI=1S/C9H13NO2/c10-8(6-11)5-7-1-3-9(12)4-2-7/h1-4,8,11-12H,5-6,10H2/p+1/t8-/m0/s1. The van der Waals surface area contributed by atoms with E-state index >= 15 is 0 Å². The minimum absolute atomic E-state index is 0.0366. The summed E-state index contributed by atoms with van der Waals surface area (Å²) in [5.74, 6) is 0.267. The van der Waals surface area contributed by atoms with Crippen molar-refractivity contribution >= 4 is 0 Å². The zero-order chi connectivity index (χ0) is 8.97. The van der Waals surface area contributed by atoms with Crippen molar-refractivity contribution < 1.29 is 15.9 Å². The minimum Gasteiger partial charge on any atom is -0.508 e. The third kappa shape index (κ3) is 2.53. The Hall–Kier alpha value is -1.06. The first-order valence-corrected chi connectivity index (χ1v) is 3.94. The van der Waals surface area contributed by atoms with Crippen molar-refractivity contribution in [3.63, 3.8) is 0 Å². The van der Waals surface area contributed by atoms with Crippen LogP contribution < -0.4 is 5.73 Å². The molecule has 1 atom stereocenters. The number of phenols is 1. The maximum absolute atomic E-state index is 8.98. The van der Waals surface area contributed by atoms with E-state index in [1.54, 1.807) is 12.1 Å². The first-order chi connectivity index (χ1) is 5.72. The van der Waals surface area contributed by atoms with Gasteiger partial charge >= 0.3 is 0 Å². The Balaban J connectivity index is 2.58. The van der Waals surface area contributed by atoms with Gasteiger partial charge < -0.3 is 15.9 Å². The summed E-state index contributed by atoms with van der Waals surface area (Å²) in [6, 6.07) is 6.99. The number of aromatic hydroxyl groups is 1. The minimum atomic E-state index is 0.0366. The third-order valence-electron chi connectivity index (χ3n) is 1.72. The van der Waals surface area contributed by atoms with Gasteiger partial charge in [0.1, 0.15) is 11.8 Å². The molecule has 0 saturated heterocycles. The van der Waals surface area contributed by atoms with Crippen molar-refractivity contribution in [2.75, 3.05) is 6.61 Å². The van der Waals surface area contributed by atoms with Gasteiger partial charge in [-0.05, 0) is 17.7 Å². The Kier molecular flexibility index (Phi) is 3.08. The summed E-state index contributed by atoms with van der Waals surface area (Å²) in [6.07, 6.45) is 0.747. The summed E-state index contributed by atoms with van der Waals surface area (Å²) in [5, 5.41) is 17.7. The molecule has 0 aliphatic heterocycles. The van der Waals surface area contributed by atoms with E-state index in [2.05, 4.69) is 5.73 Å². The predicted molar refractivity (Wildman–Crippen MR) is 45.6 cm³/mol. The normalized spacial score (nSPS) is 12.8. The number of hydrogen-bond acceptors (Lipinski definition) is 2. The average molecular weight is 168 g/mol. The second kappa shape index (κ2) is 4.09. The van der Waals surface area contributed by atoms with Crippen LogP contribution >= 0.6 is 0 Å². The molecule has 3 heteroatoms. The van der Waals surface area contributed by atoms with Crippen LogP contribution in [0.4, 0.5) is 0 Å². The summed E-state index contributed by atoms with van der Waals surface area (Å²) in [6.45, 7) is 0.0981. The lowest BCUT2D eigenvalue weighted by Gasteiger charge is -2.04. The molecule has 0 aromatic heterocycles. The molecule has 66 valence electrons. The highest BCUT2D eigenvalue weighted by Gasteiger charge is 2.04. The number of phenolic OH excluding ortho intramolecular Hbond substituents is 1. The maximum Gasteiger partial charge on any atom is 0.115 e. The van der Waals surface area contributed by atoms with Crippen molar-refractivity contribution in [3.8, 4) is 5.75 Å². The third-order valence-corrected chi connectivity index (χ3v) is 1.72. The second-order valence-electron chi connectivity index (χ2n) is 2.92. The Labute approximate surface area is 71.5 Å². The average Bonchev–Trinajstić information content (AvgIpc) is 2.09. The van der Waals surface area contributed by atoms with Crippen LogP contribution in [-0.2, 0) is 6.42 Å².